The molecule has 7 nitrogen and oxygen atoms in total. The summed E-state index contributed by atoms with van der Waals surface area (Å²) in [5.74, 6) is 0. The normalized spacial score (nSPS) is 30.4. The van der Waals surface area contributed by atoms with Crippen molar-refractivity contribution in [3.05, 3.63) is 30.3 Å². The minimum absolute atomic E-state index is 0.0346. The molecule has 1 aromatic carbocycles. The third-order valence-corrected chi connectivity index (χ3v) is 4.67. The average molecular weight is 360 g/mol. The fourth-order valence-electron chi connectivity index (χ4n) is 2.36. The summed E-state index contributed by atoms with van der Waals surface area (Å²) in [4.78, 5) is 0.944. The van der Waals surface area contributed by atoms with E-state index < -0.39 is 29.9 Å². The number of hydrogen-bond acceptors (Lipinski definition) is 8. The molecule has 2 rings (SSSR count). The summed E-state index contributed by atoms with van der Waals surface area (Å²) in [6.45, 7) is 0.183. The van der Waals surface area contributed by atoms with Gasteiger partial charge in [0.05, 0.1) is 6.61 Å². The molecule has 24 heavy (non-hydrogen) atoms. The Morgan fingerprint density at radius 2 is 1.75 bits per heavy atom. The molecule has 8 heteroatoms. The Morgan fingerprint density at radius 1 is 1.04 bits per heavy atom. The number of benzene rings is 1. The van der Waals surface area contributed by atoms with Gasteiger partial charge in [0.2, 0.25) is 0 Å². The van der Waals surface area contributed by atoms with E-state index >= 15 is 0 Å². The van der Waals surface area contributed by atoms with Crippen molar-refractivity contribution in [2.24, 2.45) is 0 Å². The first-order valence-corrected chi connectivity index (χ1v) is 8.46. The Kier molecular flexibility index (Phi) is 8.43. The summed E-state index contributed by atoms with van der Waals surface area (Å²) in [5.41, 5.74) is -0.603. The van der Waals surface area contributed by atoms with Gasteiger partial charge in [-0.3, -0.25) is 0 Å². The fourth-order valence-corrected chi connectivity index (χ4v) is 3.44. The van der Waals surface area contributed by atoms with Gasteiger partial charge in [-0.15, -0.1) is 0 Å². The van der Waals surface area contributed by atoms with Crippen molar-refractivity contribution in [2.75, 3.05) is 34.4 Å². The molecule has 1 fully saturated rings. The topological polar surface area (TPSA) is 86.6 Å². The van der Waals surface area contributed by atoms with E-state index in [4.69, 9.17) is 23.7 Å². The lowest BCUT2D eigenvalue weighted by Crippen LogP contribution is -2.58. The molecular weight excluding hydrogens is 336 g/mol. The van der Waals surface area contributed by atoms with Crippen molar-refractivity contribution < 1.29 is 33.9 Å². The first kappa shape index (κ1) is 19.6. The molecule has 5 atom stereocenters. The zero-order chi connectivity index (χ0) is 17.4. The number of methoxy groups -OCH3 is 2. The van der Waals surface area contributed by atoms with Gasteiger partial charge in [0, 0.05) is 19.1 Å². The van der Waals surface area contributed by atoms with E-state index in [0.717, 1.165) is 4.90 Å². The van der Waals surface area contributed by atoms with Crippen LogP contribution in [-0.4, -0.2) is 74.5 Å². The highest BCUT2D eigenvalue weighted by Gasteiger charge is 2.45. The van der Waals surface area contributed by atoms with Crippen molar-refractivity contribution in [2.45, 2.75) is 34.7 Å². The molecule has 1 aromatic rings. The summed E-state index contributed by atoms with van der Waals surface area (Å²) in [7, 11) is 2.99. The first-order valence-electron chi connectivity index (χ1n) is 7.58. The second-order valence-electron chi connectivity index (χ2n) is 5.27. The Bertz CT molecular complexity index is 461. The molecule has 0 aromatic heterocycles. The molecule has 0 unspecified atom stereocenters. The molecule has 0 aliphatic carbocycles. The van der Waals surface area contributed by atoms with Crippen molar-refractivity contribution in [3.8, 4) is 0 Å². The van der Waals surface area contributed by atoms with E-state index in [1.54, 1.807) is 0 Å². The lowest BCUT2D eigenvalue weighted by molar-refractivity contribution is -0.243. The van der Waals surface area contributed by atoms with Crippen LogP contribution in [0.2, 0.25) is 0 Å². The van der Waals surface area contributed by atoms with Gasteiger partial charge in [-0.1, -0.05) is 30.0 Å². The van der Waals surface area contributed by atoms with E-state index in [2.05, 4.69) is 0 Å². The highest BCUT2D eigenvalue weighted by molar-refractivity contribution is 7.99. The Hall–Kier alpha value is -0.710. The van der Waals surface area contributed by atoms with Gasteiger partial charge in [-0.2, -0.15) is 0 Å². The predicted molar refractivity (Wildman–Crippen MR) is 87.6 cm³/mol. The van der Waals surface area contributed by atoms with Crippen LogP contribution in [-0.2, 0) is 23.7 Å². The number of thioether (sulfide) groups is 1. The smallest absolute Gasteiger partial charge is 0.146 e. The number of aliphatic hydroxyl groups excluding tert-OH is 2. The van der Waals surface area contributed by atoms with E-state index in [0.29, 0.717) is 0 Å². The highest BCUT2D eigenvalue weighted by Crippen LogP contribution is 2.34. The molecule has 1 aliphatic rings. The van der Waals surface area contributed by atoms with E-state index in [1.807, 2.05) is 30.3 Å². The molecule has 0 bridgehead atoms. The monoisotopic (exact) mass is 360 g/mol. The van der Waals surface area contributed by atoms with Gasteiger partial charge in [-0.25, -0.2) is 0 Å². The SMILES string of the molecule is COCOC[C@H]1O[C@@H](Sc2ccccc2)[C@H](O)[C@@H](OCOC)[C@@H]1O. The number of ether oxygens (including phenoxy) is 5. The summed E-state index contributed by atoms with van der Waals surface area (Å²) in [6, 6.07) is 9.58. The fraction of sp³-hybridized carbons (Fsp3) is 0.625. The summed E-state index contributed by atoms with van der Waals surface area (Å²) in [5, 5.41) is 20.9. The molecule has 2 N–H and O–H groups in total. The third-order valence-electron chi connectivity index (χ3n) is 3.50. The molecule has 1 saturated heterocycles. The number of hydrogen-bond donors (Lipinski definition) is 2. The Balaban J connectivity index is 2.06. The third kappa shape index (κ3) is 5.40. The van der Waals surface area contributed by atoms with E-state index in [9.17, 15) is 10.2 Å². The van der Waals surface area contributed by atoms with Crippen molar-refractivity contribution in [3.63, 3.8) is 0 Å². The predicted octanol–water partition coefficient (Wildman–Crippen LogP) is 0.835. The van der Waals surface area contributed by atoms with E-state index in [-0.39, 0.29) is 20.2 Å². The molecule has 136 valence electrons. The van der Waals surface area contributed by atoms with Gasteiger partial charge >= 0.3 is 0 Å². The van der Waals surface area contributed by atoms with Gasteiger partial charge in [0.15, 0.2) is 0 Å². The van der Waals surface area contributed by atoms with Crippen LogP contribution >= 0.6 is 11.8 Å². The van der Waals surface area contributed by atoms with Crippen LogP contribution in [0.5, 0.6) is 0 Å². The summed E-state index contributed by atoms with van der Waals surface area (Å²) >= 11 is 1.36. The molecule has 1 heterocycles. The molecule has 1 aliphatic heterocycles. The van der Waals surface area contributed by atoms with Gasteiger partial charge in [0.1, 0.15) is 43.4 Å². The van der Waals surface area contributed by atoms with Crippen LogP contribution < -0.4 is 0 Å². The first-order chi connectivity index (χ1) is 11.7. The second kappa shape index (κ2) is 10.3. The standard InChI is InChI=1S/C16H24O7S/c1-19-9-21-8-12-13(17)15(22-10-20-2)14(18)16(23-12)24-11-6-4-3-5-7-11/h3-7,12-18H,8-10H2,1-2H3/t12-,13-,14-,15+,16+/m1/s1. The van der Waals surface area contributed by atoms with Gasteiger partial charge in [0.25, 0.3) is 0 Å². The number of rotatable bonds is 9. The maximum absolute atomic E-state index is 10.5. The van der Waals surface area contributed by atoms with Gasteiger partial charge < -0.3 is 33.9 Å². The number of aliphatic hydroxyl groups is 2. The Labute approximate surface area is 145 Å². The molecule has 0 amide bonds. The summed E-state index contributed by atoms with van der Waals surface area (Å²) < 4.78 is 26.3. The van der Waals surface area contributed by atoms with Crippen LogP contribution in [0.25, 0.3) is 0 Å². The maximum atomic E-state index is 10.5. The van der Waals surface area contributed by atoms with Crippen LogP contribution in [0.4, 0.5) is 0 Å². The minimum atomic E-state index is -1.04. The van der Waals surface area contributed by atoms with Crippen LogP contribution in [0, 0.1) is 0 Å². The largest absolute Gasteiger partial charge is 0.387 e. The zero-order valence-electron chi connectivity index (χ0n) is 13.7. The Morgan fingerprint density at radius 3 is 2.42 bits per heavy atom. The van der Waals surface area contributed by atoms with E-state index in [1.165, 1.54) is 26.0 Å². The summed E-state index contributed by atoms with van der Waals surface area (Å²) in [6.07, 6.45) is -3.54. The molecule has 0 spiro atoms. The van der Waals surface area contributed by atoms with Crippen LogP contribution in [0.1, 0.15) is 0 Å². The molecule has 0 radical (unpaired) electrons. The maximum Gasteiger partial charge on any atom is 0.146 e. The average Bonchev–Trinajstić information content (AvgIpc) is 2.60. The van der Waals surface area contributed by atoms with Crippen molar-refractivity contribution in [1.82, 2.24) is 0 Å². The second-order valence-corrected chi connectivity index (χ2v) is 6.44. The lowest BCUT2D eigenvalue weighted by atomic mass is 10.00. The lowest BCUT2D eigenvalue weighted by Gasteiger charge is -2.42. The minimum Gasteiger partial charge on any atom is -0.387 e. The molecular formula is C16H24O7S. The quantitative estimate of drug-likeness (QED) is 0.495. The van der Waals surface area contributed by atoms with Crippen LogP contribution in [0.15, 0.2) is 35.2 Å². The van der Waals surface area contributed by atoms with Gasteiger partial charge in [-0.05, 0) is 12.1 Å². The molecule has 0 saturated carbocycles. The van der Waals surface area contributed by atoms with Crippen LogP contribution in [0.3, 0.4) is 0 Å². The van der Waals surface area contributed by atoms with Crippen molar-refractivity contribution in [1.29, 1.82) is 0 Å². The van der Waals surface area contributed by atoms with Crippen molar-refractivity contribution >= 4 is 11.8 Å². The highest BCUT2D eigenvalue weighted by atomic mass is 32.2. The zero-order valence-corrected chi connectivity index (χ0v) is 14.6.